The summed E-state index contributed by atoms with van der Waals surface area (Å²) in [4.78, 5) is 0. The highest BCUT2D eigenvalue weighted by atomic mass is 16.5. The molecule has 0 spiro atoms. The van der Waals surface area contributed by atoms with Gasteiger partial charge in [0.05, 0.1) is 7.11 Å². The summed E-state index contributed by atoms with van der Waals surface area (Å²) < 4.78 is 7.61. The molecule has 2 heteroatoms. The van der Waals surface area contributed by atoms with Gasteiger partial charge in [-0.2, -0.15) is 0 Å². The van der Waals surface area contributed by atoms with Crippen LogP contribution in [0.3, 0.4) is 0 Å². The van der Waals surface area contributed by atoms with Crippen LogP contribution in [0.1, 0.15) is 27.2 Å². The van der Waals surface area contributed by atoms with Gasteiger partial charge in [-0.1, -0.05) is 20.8 Å². The smallest absolute Gasteiger partial charge is 0.119 e. The van der Waals surface area contributed by atoms with Gasteiger partial charge in [0.2, 0.25) is 0 Å². The van der Waals surface area contributed by atoms with E-state index in [4.69, 9.17) is 4.74 Å². The van der Waals surface area contributed by atoms with E-state index in [1.807, 2.05) is 6.07 Å². The summed E-state index contributed by atoms with van der Waals surface area (Å²) in [5.41, 5.74) is 1.30. The summed E-state index contributed by atoms with van der Waals surface area (Å²) in [6.45, 7) is 7.99. The van der Waals surface area contributed by atoms with Crippen molar-refractivity contribution >= 4 is 10.9 Å². The molecule has 2 rings (SSSR count). The first kappa shape index (κ1) is 13.0. The lowest BCUT2D eigenvalue weighted by atomic mass is 9.99. The molecule has 1 unspecified atom stereocenters. The van der Waals surface area contributed by atoms with Crippen LogP contribution in [0.25, 0.3) is 10.9 Å². The number of nitrogens with zero attached hydrogens (tertiary/aromatic N) is 1. The Kier molecular flexibility index (Phi) is 3.95. The Morgan fingerprint density at radius 1 is 1.17 bits per heavy atom. The molecule has 0 radical (unpaired) electrons. The van der Waals surface area contributed by atoms with Crippen molar-refractivity contribution in [2.24, 2.45) is 11.8 Å². The Labute approximate surface area is 110 Å². The maximum atomic E-state index is 5.26. The first-order chi connectivity index (χ1) is 8.60. The number of hydrogen-bond donors (Lipinski definition) is 0. The number of fused-ring (bicyclic) bond motifs is 1. The third kappa shape index (κ3) is 2.87. The Hall–Kier alpha value is -1.44. The minimum absolute atomic E-state index is 0.711. The second-order valence-corrected chi connectivity index (χ2v) is 5.63. The summed E-state index contributed by atoms with van der Waals surface area (Å²) in [6, 6.07) is 8.45. The van der Waals surface area contributed by atoms with Crippen molar-refractivity contribution in [3.05, 3.63) is 30.5 Å². The molecule has 0 bridgehead atoms. The second-order valence-electron chi connectivity index (χ2n) is 5.63. The van der Waals surface area contributed by atoms with Crippen LogP contribution in [-0.2, 0) is 6.54 Å². The fraction of sp³-hybridized carbons (Fsp3) is 0.500. The normalized spacial score (nSPS) is 13.2. The summed E-state index contributed by atoms with van der Waals surface area (Å²) >= 11 is 0. The number of benzene rings is 1. The van der Waals surface area contributed by atoms with E-state index in [-0.39, 0.29) is 0 Å². The van der Waals surface area contributed by atoms with Crippen molar-refractivity contribution < 1.29 is 4.74 Å². The highest BCUT2D eigenvalue weighted by molar-refractivity contribution is 5.81. The van der Waals surface area contributed by atoms with Crippen molar-refractivity contribution in [2.75, 3.05) is 7.11 Å². The van der Waals surface area contributed by atoms with Gasteiger partial charge in [0.25, 0.3) is 0 Å². The monoisotopic (exact) mass is 245 g/mol. The van der Waals surface area contributed by atoms with Gasteiger partial charge in [0, 0.05) is 23.6 Å². The Bertz CT molecular complexity index is 513. The number of rotatable bonds is 5. The molecule has 2 nitrogen and oxygen atoms in total. The largest absolute Gasteiger partial charge is 0.497 e. The molecule has 0 aliphatic heterocycles. The Morgan fingerprint density at radius 2 is 1.94 bits per heavy atom. The lowest BCUT2D eigenvalue weighted by Crippen LogP contribution is -2.09. The predicted octanol–water partition coefficient (Wildman–Crippen LogP) is 4.33. The van der Waals surface area contributed by atoms with Crippen molar-refractivity contribution in [3.8, 4) is 5.75 Å². The molecule has 1 aromatic carbocycles. The van der Waals surface area contributed by atoms with Crippen LogP contribution in [0, 0.1) is 11.8 Å². The van der Waals surface area contributed by atoms with E-state index in [9.17, 15) is 0 Å². The van der Waals surface area contributed by atoms with Gasteiger partial charge in [-0.15, -0.1) is 0 Å². The average molecular weight is 245 g/mol. The van der Waals surface area contributed by atoms with Gasteiger partial charge in [0.15, 0.2) is 0 Å². The molecule has 1 heterocycles. The minimum Gasteiger partial charge on any atom is -0.497 e. The van der Waals surface area contributed by atoms with E-state index in [1.165, 1.54) is 17.3 Å². The first-order valence-corrected chi connectivity index (χ1v) is 6.73. The molecule has 18 heavy (non-hydrogen) atoms. The molecule has 2 aromatic rings. The van der Waals surface area contributed by atoms with Crippen LogP contribution in [0.4, 0.5) is 0 Å². The van der Waals surface area contributed by atoms with E-state index >= 15 is 0 Å². The van der Waals surface area contributed by atoms with E-state index in [1.54, 1.807) is 7.11 Å². The molecule has 0 amide bonds. The van der Waals surface area contributed by atoms with Gasteiger partial charge in [0.1, 0.15) is 5.75 Å². The van der Waals surface area contributed by atoms with E-state index in [0.717, 1.165) is 18.2 Å². The van der Waals surface area contributed by atoms with Gasteiger partial charge >= 0.3 is 0 Å². The van der Waals surface area contributed by atoms with Crippen molar-refractivity contribution in [2.45, 2.75) is 33.7 Å². The fourth-order valence-corrected chi connectivity index (χ4v) is 2.68. The molecular weight excluding hydrogens is 222 g/mol. The highest BCUT2D eigenvalue weighted by Gasteiger charge is 2.08. The third-order valence-electron chi connectivity index (χ3n) is 3.36. The third-order valence-corrected chi connectivity index (χ3v) is 3.36. The number of ether oxygens (including phenoxy) is 1. The second kappa shape index (κ2) is 5.47. The summed E-state index contributed by atoms with van der Waals surface area (Å²) in [5.74, 6) is 2.40. The molecule has 0 saturated heterocycles. The first-order valence-electron chi connectivity index (χ1n) is 6.73. The van der Waals surface area contributed by atoms with Crippen molar-refractivity contribution in [3.63, 3.8) is 0 Å². The van der Waals surface area contributed by atoms with Crippen molar-refractivity contribution in [1.29, 1.82) is 0 Å². The topological polar surface area (TPSA) is 14.2 Å². The molecule has 0 aliphatic rings. The molecule has 0 N–H and O–H groups in total. The molecule has 0 aliphatic carbocycles. The summed E-state index contributed by atoms with van der Waals surface area (Å²) in [5, 5.41) is 1.26. The van der Waals surface area contributed by atoms with Gasteiger partial charge in [-0.25, -0.2) is 0 Å². The maximum Gasteiger partial charge on any atom is 0.119 e. The molecule has 1 atom stereocenters. The molecule has 0 fully saturated rings. The summed E-state index contributed by atoms with van der Waals surface area (Å²) in [7, 11) is 1.71. The van der Waals surface area contributed by atoms with Gasteiger partial charge in [-0.05, 0) is 42.5 Å². The van der Waals surface area contributed by atoms with Gasteiger partial charge in [-0.3, -0.25) is 0 Å². The van der Waals surface area contributed by atoms with E-state index < -0.39 is 0 Å². The maximum absolute atomic E-state index is 5.26. The standard InChI is InChI=1S/C16H23NO/c1-12(2)9-13(3)11-17-8-7-14-10-15(18-4)5-6-16(14)17/h5-8,10,12-13H,9,11H2,1-4H3. The lowest BCUT2D eigenvalue weighted by molar-refractivity contribution is 0.394. The van der Waals surface area contributed by atoms with Crippen LogP contribution < -0.4 is 4.74 Å². The zero-order valence-corrected chi connectivity index (χ0v) is 11.8. The molecular formula is C16H23NO. The van der Waals surface area contributed by atoms with Crippen LogP contribution in [0.15, 0.2) is 30.5 Å². The lowest BCUT2D eigenvalue weighted by Gasteiger charge is -2.15. The quantitative estimate of drug-likeness (QED) is 0.764. The fourth-order valence-electron chi connectivity index (χ4n) is 2.68. The Balaban J connectivity index is 2.19. The molecule has 1 aromatic heterocycles. The molecule has 98 valence electrons. The van der Waals surface area contributed by atoms with Crippen LogP contribution in [0.2, 0.25) is 0 Å². The predicted molar refractivity (Wildman–Crippen MR) is 77.1 cm³/mol. The average Bonchev–Trinajstić information content (AvgIpc) is 2.70. The Morgan fingerprint density at radius 3 is 2.61 bits per heavy atom. The van der Waals surface area contributed by atoms with E-state index in [2.05, 4.69) is 49.7 Å². The molecule has 0 saturated carbocycles. The zero-order chi connectivity index (χ0) is 13.1. The van der Waals surface area contributed by atoms with Gasteiger partial charge < -0.3 is 9.30 Å². The van der Waals surface area contributed by atoms with E-state index in [0.29, 0.717) is 5.92 Å². The summed E-state index contributed by atoms with van der Waals surface area (Å²) in [6.07, 6.45) is 3.46. The number of aromatic nitrogens is 1. The zero-order valence-electron chi connectivity index (χ0n) is 11.8. The number of methoxy groups -OCH3 is 1. The SMILES string of the molecule is COc1ccc2c(ccn2CC(C)CC(C)C)c1. The van der Waals surface area contributed by atoms with Crippen LogP contribution >= 0.6 is 0 Å². The van der Waals surface area contributed by atoms with Crippen LogP contribution in [0.5, 0.6) is 5.75 Å². The van der Waals surface area contributed by atoms with Crippen LogP contribution in [-0.4, -0.2) is 11.7 Å². The highest BCUT2D eigenvalue weighted by Crippen LogP contribution is 2.23. The minimum atomic E-state index is 0.711. The van der Waals surface area contributed by atoms with Crippen molar-refractivity contribution in [1.82, 2.24) is 4.57 Å². The number of hydrogen-bond acceptors (Lipinski definition) is 1.